The van der Waals surface area contributed by atoms with Crippen LogP contribution in [0.1, 0.15) is 5.56 Å². The molecule has 1 aromatic carbocycles. The summed E-state index contributed by atoms with van der Waals surface area (Å²) in [4.78, 5) is 10.6. The molecule has 5 heteroatoms. The van der Waals surface area contributed by atoms with Crippen LogP contribution in [0.5, 0.6) is 0 Å². The lowest BCUT2D eigenvalue weighted by atomic mass is 10.2. The van der Waals surface area contributed by atoms with Crippen molar-refractivity contribution in [1.29, 1.82) is 0 Å². The van der Waals surface area contributed by atoms with Crippen LogP contribution in [0.3, 0.4) is 0 Å². The lowest BCUT2D eigenvalue weighted by molar-refractivity contribution is 0.171. The maximum absolute atomic E-state index is 10.6. The molecule has 0 bridgehead atoms. The molecule has 1 aromatic rings. The normalized spacial score (nSPS) is 10.1. The molecule has 0 aliphatic rings. The second-order valence-corrected chi connectivity index (χ2v) is 2.85. The summed E-state index contributed by atoms with van der Waals surface area (Å²) in [5.41, 5.74) is 3.01. The van der Waals surface area contributed by atoms with E-state index in [1.807, 2.05) is 0 Å². The predicted octanol–water partition coefficient (Wildman–Crippen LogP) is 2.03. The molecule has 4 nitrogen and oxygen atoms in total. The number of rotatable bonds is 2. The fourth-order valence-corrected chi connectivity index (χ4v) is 0.880. The second-order valence-electron chi connectivity index (χ2n) is 2.41. The predicted molar refractivity (Wildman–Crippen MR) is 54.6 cm³/mol. The first-order valence-corrected chi connectivity index (χ1v) is 4.23. The SMILES string of the molecule is COC(=O)N/N=C/c1ccc(Cl)cc1. The quantitative estimate of drug-likeness (QED) is 0.603. The number of nitrogens with one attached hydrogen (secondary N) is 1. The third-order valence-corrected chi connectivity index (χ3v) is 1.68. The molecule has 0 saturated heterocycles. The average molecular weight is 213 g/mol. The molecule has 0 fully saturated rings. The van der Waals surface area contributed by atoms with Gasteiger partial charge in [0.1, 0.15) is 0 Å². The van der Waals surface area contributed by atoms with Gasteiger partial charge >= 0.3 is 6.09 Å². The molecule has 74 valence electrons. The Labute approximate surface area is 86.5 Å². The summed E-state index contributed by atoms with van der Waals surface area (Å²) in [7, 11) is 1.27. The van der Waals surface area contributed by atoms with Gasteiger partial charge < -0.3 is 4.74 Å². The van der Waals surface area contributed by atoms with Crippen LogP contribution in [0.25, 0.3) is 0 Å². The van der Waals surface area contributed by atoms with Crippen LogP contribution < -0.4 is 5.43 Å². The van der Waals surface area contributed by atoms with E-state index in [1.165, 1.54) is 13.3 Å². The number of ether oxygens (including phenoxy) is 1. The fraction of sp³-hybridized carbons (Fsp3) is 0.111. The van der Waals surface area contributed by atoms with E-state index < -0.39 is 6.09 Å². The van der Waals surface area contributed by atoms with Crippen molar-refractivity contribution >= 4 is 23.9 Å². The Morgan fingerprint density at radius 2 is 2.14 bits per heavy atom. The van der Waals surface area contributed by atoms with Crippen molar-refractivity contribution in [3.63, 3.8) is 0 Å². The number of halogens is 1. The number of nitrogens with zero attached hydrogens (tertiary/aromatic N) is 1. The minimum Gasteiger partial charge on any atom is -0.452 e. The van der Waals surface area contributed by atoms with Crippen LogP contribution in [0, 0.1) is 0 Å². The van der Waals surface area contributed by atoms with Crippen molar-refractivity contribution in [2.45, 2.75) is 0 Å². The maximum atomic E-state index is 10.6. The number of carbonyl (C=O) groups is 1. The highest BCUT2D eigenvalue weighted by Gasteiger charge is 1.92. The van der Waals surface area contributed by atoms with Gasteiger partial charge in [0.15, 0.2) is 0 Å². The van der Waals surface area contributed by atoms with Crippen LogP contribution in [0.2, 0.25) is 5.02 Å². The van der Waals surface area contributed by atoms with E-state index in [9.17, 15) is 4.79 Å². The van der Waals surface area contributed by atoms with E-state index >= 15 is 0 Å². The Kier molecular flexibility index (Phi) is 3.94. The standard InChI is InChI=1S/C9H9ClN2O2/c1-14-9(13)12-11-6-7-2-4-8(10)5-3-7/h2-6H,1H3,(H,12,13)/b11-6+. The van der Waals surface area contributed by atoms with Gasteiger partial charge in [0.05, 0.1) is 13.3 Å². The van der Waals surface area contributed by atoms with Crippen LogP contribution in [-0.2, 0) is 4.74 Å². The lowest BCUT2D eigenvalue weighted by Gasteiger charge is -1.95. The molecule has 1 amide bonds. The highest BCUT2D eigenvalue weighted by atomic mass is 35.5. The summed E-state index contributed by atoms with van der Waals surface area (Å²) in [6, 6.07) is 7.04. The number of hydrazone groups is 1. The molecular weight excluding hydrogens is 204 g/mol. The van der Waals surface area contributed by atoms with Gasteiger partial charge in [0.2, 0.25) is 0 Å². The number of methoxy groups -OCH3 is 1. The molecule has 0 aromatic heterocycles. The van der Waals surface area contributed by atoms with Crippen molar-refractivity contribution in [3.8, 4) is 0 Å². The van der Waals surface area contributed by atoms with Gasteiger partial charge in [0.25, 0.3) is 0 Å². The lowest BCUT2D eigenvalue weighted by Crippen LogP contribution is -2.16. The summed E-state index contributed by atoms with van der Waals surface area (Å²) in [6.45, 7) is 0. The number of carbonyl (C=O) groups excluding carboxylic acids is 1. The first-order chi connectivity index (χ1) is 6.72. The van der Waals surface area contributed by atoms with E-state index in [4.69, 9.17) is 11.6 Å². The zero-order chi connectivity index (χ0) is 10.4. The minimum absolute atomic E-state index is 0.602. The summed E-state index contributed by atoms with van der Waals surface area (Å²) in [5.74, 6) is 0. The smallest absolute Gasteiger partial charge is 0.427 e. The van der Waals surface area contributed by atoms with Gasteiger partial charge in [-0.2, -0.15) is 5.10 Å². The van der Waals surface area contributed by atoms with Crippen molar-refractivity contribution in [2.75, 3.05) is 7.11 Å². The highest BCUT2D eigenvalue weighted by molar-refractivity contribution is 6.30. The van der Waals surface area contributed by atoms with E-state index in [2.05, 4.69) is 15.3 Å². The fourth-order valence-electron chi connectivity index (χ4n) is 0.754. The van der Waals surface area contributed by atoms with Crippen molar-refractivity contribution < 1.29 is 9.53 Å². The Balaban J connectivity index is 2.52. The molecule has 0 aliphatic carbocycles. The first-order valence-electron chi connectivity index (χ1n) is 3.85. The number of hydrogen-bond donors (Lipinski definition) is 1. The molecule has 0 saturated carbocycles. The molecule has 1 N–H and O–H groups in total. The molecule has 1 rings (SSSR count). The number of hydrogen-bond acceptors (Lipinski definition) is 3. The van der Waals surface area contributed by atoms with Gasteiger partial charge in [-0.25, -0.2) is 10.2 Å². The van der Waals surface area contributed by atoms with Gasteiger partial charge in [-0.1, -0.05) is 23.7 Å². The summed E-state index contributed by atoms with van der Waals surface area (Å²) in [6.07, 6.45) is 0.892. The highest BCUT2D eigenvalue weighted by Crippen LogP contribution is 2.07. The Morgan fingerprint density at radius 1 is 1.50 bits per heavy atom. The maximum Gasteiger partial charge on any atom is 0.427 e. The largest absolute Gasteiger partial charge is 0.452 e. The van der Waals surface area contributed by atoms with Crippen LogP contribution >= 0.6 is 11.6 Å². The number of amides is 1. The van der Waals surface area contributed by atoms with Crippen LogP contribution in [-0.4, -0.2) is 19.4 Å². The average Bonchev–Trinajstić information content (AvgIpc) is 2.21. The van der Waals surface area contributed by atoms with Gasteiger partial charge in [-0.3, -0.25) is 0 Å². The minimum atomic E-state index is -0.602. The molecule has 0 atom stereocenters. The Bertz CT molecular complexity index is 335. The van der Waals surface area contributed by atoms with Gasteiger partial charge in [-0.15, -0.1) is 0 Å². The van der Waals surface area contributed by atoms with Gasteiger partial charge in [0, 0.05) is 5.02 Å². The summed E-state index contributed by atoms with van der Waals surface area (Å²) < 4.78 is 4.32. The third kappa shape index (κ3) is 3.45. The van der Waals surface area contributed by atoms with Crippen LogP contribution in [0.4, 0.5) is 4.79 Å². The van der Waals surface area contributed by atoms with Gasteiger partial charge in [-0.05, 0) is 17.7 Å². The zero-order valence-corrected chi connectivity index (χ0v) is 8.28. The monoisotopic (exact) mass is 212 g/mol. The van der Waals surface area contributed by atoms with Crippen molar-refractivity contribution in [2.24, 2.45) is 5.10 Å². The molecule has 0 aliphatic heterocycles. The molecule has 0 unspecified atom stereocenters. The zero-order valence-electron chi connectivity index (χ0n) is 7.53. The molecule has 0 radical (unpaired) electrons. The van der Waals surface area contributed by atoms with E-state index in [0.29, 0.717) is 5.02 Å². The van der Waals surface area contributed by atoms with E-state index in [0.717, 1.165) is 5.56 Å². The molecule has 14 heavy (non-hydrogen) atoms. The third-order valence-electron chi connectivity index (χ3n) is 1.42. The molecule has 0 heterocycles. The molecular formula is C9H9ClN2O2. The Hall–Kier alpha value is -1.55. The van der Waals surface area contributed by atoms with E-state index in [1.54, 1.807) is 24.3 Å². The molecule has 0 spiro atoms. The number of benzene rings is 1. The summed E-state index contributed by atoms with van der Waals surface area (Å²) >= 11 is 5.68. The Morgan fingerprint density at radius 3 is 2.71 bits per heavy atom. The van der Waals surface area contributed by atoms with E-state index in [-0.39, 0.29) is 0 Å². The second kappa shape index (κ2) is 5.24. The van der Waals surface area contributed by atoms with Crippen LogP contribution in [0.15, 0.2) is 29.4 Å². The van der Waals surface area contributed by atoms with Crippen molar-refractivity contribution in [3.05, 3.63) is 34.9 Å². The summed E-state index contributed by atoms with van der Waals surface area (Å²) in [5, 5.41) is 4.31. The first kappa shape index (κ1) is 10.5. The topological polar surface area (TPSA) is 50.7 Å². The van der Waals surface area contributed by atoms with Crippen molar-refractivity contribution in [1.82, 2.24) is 5.43 Å².